The predicted octanol–water partition coefficient (Wildman–Crippen LogP) is 2.59. The number of nitrogens with one attached hydrogen (secondary N) is 1. The molecule has 4 rings (SSSR count). The van der Waals surface area contributed by atoms with E-state index in [9.17, 15) is 0 Å². The molecule has 0 radical (unpaired) electrons. The molecule has 1 saturated heterocycles. The summed E-state index contributed by atoms with van der Waals surface area (Å²) < 4.78 is 0. The highest BCUT2D eigenvalue weighted by molar-refractivity contribution is 5.79. The number of H-pyrrole nitrogens is 1. The molecule has 3 aromatic heterocycles. The number of rotatable bonds is 3. The molecule has 0 atom stereocenters. The van der Waals surface area contributed by atoms with Gasteiger partial charge in [-0.3, -0.25) is 4.90 Å². The number of hydrogen-bond donors (Lipinski definition) is 1. The third kappa shape index (κ3) is 2.92. The van der Waals surface area contributed by atoms with E-state index in [4.69, 9.17) is 0 Å². The molecule has 4 heterocycles. The summed E-state index contributed by atoms with van der Waals surface area (Å²) in [6.45, 7) is 7.21. The van der Waals surface area contributed by atoms with E-state index in [0.717, 1.165) is 44.2 Å². The summed E-state index contributed by atoms with van der Waals surface area (Å²) in [7, 11) is 0. The molecule has 3 aromatic rings. The quantitative estimate of drug-likeness (QED) is 0.808. The van der Waals surface area contributed by atoms with E-state index in [0.29, 0.717) is 0 Å². The minimum Gasteiger partial charge on any atom is -0.354 e. The van der Waals surface area contributed by atoms with Crippen molar-refractivity contribution in [3.8, 4) is 0 Å². The van der Waals surface area contributed by atoms with Gasteiger partial charge in [-0.25, -0.2) is 9.97 Å². The first-order valence-corrected chi connectivity index (χ1v) is 8.10. The molecule has 0 amide bonds. The number of aromatic nitrogens is 3. The number of aromatic amines is 1. The van der Waals surface area contributed by atoms with Crippen LogP contribution in [-0.4, -0.2) is 46.0 Å². The molecular weight excluding hydrogens is 286 g/mol. The summed E-state index contributed by atoms with van der Waals surface area (Å²) in [6, 6.07) is 8.39. The van der Waals surface area contributed by atoms with Gasteiger partial charge in [0.05, 0.1) is 0 Å². The van der Waals surface area contributed by atoms with Gasteiger partial charge >= 0.3 is 0 Å². The number of hydrogen-bond acceptors (Lipinski definition) is 4. The molecule has 0 unspecified atom stereocenters. The van der Waals surface area contributed by atoms with Gasteiger partial charge in [-0.15, -0.1) is 0 Å². The van der Waals surface area contributed by atoms with Crippen LogP contribution in [0, 0.1) is 6.92 Å². The van der Waals surface area contributed by atoms with Crippen molar-refractivity contribution in [3.63, 3.8) is 0 Å². The van der Waals surface area contributed by atoms with Crippen LogP contribution in [-0.2, 0) is 6.54 Å². The first kappa shape index (κ1) is 14.2. The molecule has 0 aliphatic carbocycles. The van der Waals surface area contributed by atoms with E-state index in [1.807, 2.05) is 18.5 Å². The lowest BCUT2D eigenvalue weighted by atomic mass is 10.2. The molecule has 5 nitrogen and oxygen atoms in total. The molecular formula is C18H21N5. The van der Waals surface area contributed by atoms with Crippen molar-refractivity contribution >= 4 is 16.9 Å². The van der Waals surface area contributed by atoms with Crippen LogP contribution in [0.3, 0.4) is 0 Å². The Morgan fingerprint density at radius 1 is 1.09 bits per heavy atom. The van der Waals surface area contributed by atoms with Crippen molar-refractivity contribution in [3.05, 3.63) is 54.0 Å². The van der Waals surface area contributed by atoms with Crippen molar-refractivity contribution in [2.45, 2.75) is 13.5 Å². The molecule has 1 aliphatic rings. The zero-order valence-corrected chi connectivity index (χ0v) is 13.4. The van der Waals surface area contributed by atoms with Crippen LogP contribution in [0.1, 0.15) is 11.1 Å². The van der Waals surface area contributed by atoms with Crippen LogP contribution in [0.25, 0.3) is 11.0 Å². The molecule has 1 fully saturated rings. The molecule has 1 N–H and O–H groups in total. The standard InChI is InChI=1S/C18H21N5/c1-14-4-5-17(20-11-14)23-9-7-22(8-10-23)13-15-12-21-18-16(15)3-2-6-19-18/h2-6,11-12H,7-10,13H2,1H3,(H,19,21). The number of anilines is 1. The second kappa shape index (κ2) is 6.01. The summed E-state index contributed by atoms with van der Waals surface area (Å²) in [5.74, 6) is 1.09. The van der Waals surface area contributed by atoms with Crippen LogP contribution in [0.2, 0.25) is 0 Å². The largest absolute Gasteiger partial charge is 0.354 e. The Labute approximate surface area is 136 Å². The van der Waals surface area contributed by atoms with Crippen LogP contribution in [0.15, 0.2) is 42.9 Å². The van der Waals surface area contributed by atoms with Crippen LogP contribution in [0.4, 0.5) is 5.82 Å². The summed E-state index contributed by atoms with van der Waals surface area (Å²) in [5.41, 5.74) is 3.51. The van der Waals surface area contributed by atoms with Gasteiger partial charge in [0.25, 0.3) is 0 Å². The van der Waals surface area contributed by atoms with E-state index in [2.05, 4.69) is 56.1 Å². The number of nitrogens with zero attached hydrogens (tertiary/aromatic N) is 4. The lowest BCUT2D eigenvalue weighted by Gasteiger charge is -2.35. The predicted molar refractivity (Wildman–Crippen MR) is 92.6 cm³/mol. The first-order valence-electron chi connectivity index (χ1n) is 8.10. The van der Waals surface area contributed by atoms with E-state index in [1.165, 1.54) is 16.5 Å². The monoisotopic (exact) mass is 307 g/mol. The van der Waals surface area contributed by atoms with E-state index in [-0.39, 0.29) is 0 Å². The molecule has 0 aromatic carbocycles. The lowest BCUT2D eigenvalue weighted by Crippen LogP contribution is -2.46. The average Bonchev–Trinajstić information content (AvgIpc) is 3.00. The fraction of sp³-hybridized carbons (Fsp3) is 0.333. The zero-order chi connectivity index (χ0) is 15.6. The summed E-state index contributed by atoms with van der Waals surface area (Å²) in [6.07, 6.45) is 5.86. The molecule has 5 heteroatoms. The molecule has 118 valence electrons. The fourth-order valence-electron chi connectivity index (χ4n) is 3.17. The SMILES string of the molecule is Cc1ccc(N2CCN(Cc3c[nH]c4ncccc34)CC2)nc1. The summed E-state index contributed by atoms with van der Waals surface area (Å²) in [4.78, 5) is 17.0. The summed E-state index contributed by atoms with van der Waals surface area (Å²) >= 11 is 0. The van der Waals surface area contributed by atoms with Gasteiger partial charge in [0.15, 0.2) is 0 Å². The zero-order valence-electron chi connectivity index (χ0n) is 13.4. The molecule has 1 aliphatic heterocycles. The molecule has 0 bridgehead atoms. The van der Waals surface area contributed by atoms with Gasteiger partial charge in [0, 0.05) is 56.7 Å². The Kier molecular flexibility index (Phi) is 3.71. The van der Waals surface area contributed by atoms with Crippen LogP contribution >= 0.6 is 0 Å². The number of piperazine rings is 1. The molecule has 0 spiro atoms. The Hall–Kier alpha value is -2.40. The number of fused-ring (bicyclic) bond motifs is 1. The summed E-state index contributed by atoms with van der Waals surface area (Å²) in [5, 5.41) is 1.23. The van der Waals surface area contributed by atoms with Gasteiger partial charge in [0.1, 0.15) is 11.5 Å². The number of pyridine rings is 2. The second-order valence-electron chi connectivity index (χ2n) is 6.17. The maximum atomic E-state index is 4.54. The Balaban J connectivity index is 1.41. The number of aryl methyl sites for hydroxylation is 1. The second-order valence-corrected chi connectivity index (χ2v) is 6.17. The van der Waals surface area contributed by atoms with Crippen molar-refractivity contribution in [2.24, 2.45) is 0 Å². The highest BCUT2D eigenvalue weighted by atomic mass is 15.3. The Morgan fingerprint density at radius 2 is 1.96 bits per heavy atom. The maximum Gasteiger partial charge on any atom is 0.137 e. The van der Waals surface area contributed by atoms with Gasteiger partial charge in [-0.2, -0.15) is 0 Å². The third-order valence-electron chi connectivity index (χ3n) is 4.52. The van der Waals surface area contributed by atoms with Gasteiger partial charge in [-0.1, -0.05) is 6.07 Å². The van der Waals surface area contributed by atoms with Crippen LogP contribution in [0.5, 0.6) is 0 Å². The van der Waals surface area contributed by atoms with Crippen LogP contribution < -0.4 is 4.90 Å². The minimum atomic E-state index is 0.973. The maximum absolute atomic E-state index is 4.54. The van der Waals surface area contributed by atoms with Crippen molar-refractivity contribution in [1.29, 1.82) is 0 Å². The van der Waals surface area contributed by atoms with E-state index >= 15 is 0 Å². The molecule has 0 saturated carbocycles. The van der Waals surface area contributed by atoms with E-state index in [1.54, 1.807) is 0 Å². The van der Waals surface area contributed by atoms with Crippen molar-refractivity contribution in [2.75, 3.05) is 31.1 Å². The van der Waals surface area contributed by atoms with Gasteiger partial charge in [-0.05, 0) is 36.2 Å². The normalized spacial score (nSPS) is 16.1. The minimum absolute atomic E-state index is 0.973. The highest BCUT2D eigenvalue weighted by Crippen LogP contribution is 2.19. The highest BCUT2D eigenvalue weighted by Gasteiger charge is 2.19. The Morgan fingerprint density at radius 3 is 2.74 bits per heavy atom. The van der Waals surface area contributed by atoms with Crippen molar-refractivity contribution in [1.82, 2.24) is 19.9 Å². The Bertz CT molecular complexity index is 785. The van der Waals surface area contributed by atoms with E-state index < -0.39 is 0 Å². The lowest BCUT2D eigenvalue weighted by molar-refractivity contribution is 0.250. The van der Waals surface area contributed by atoms with Gasteiger partial charge < -0.3 is 9.88 Å². The fourth-order valence-corrected chi connectivity index (χ4v) is 3.17. The smallest absolute Gasteiger partial charge is 0.137 e. The average molecular weight is 307 g/mol. The van der Waals surface area contributed by atoms with Crippen molar-refractivity contribution < 1.29 is 0 Å². The topological polar surface area (TPSA) is 48.0 Å². The molecule has 23 heavy (non-hydrogen) atoms. The first-order chi connectivity index (χ1) is 11.3. The third-order valence-corrected chi connectivity index (χ3v) is 4.52. The van der Waals surface area contributed by atoms with Gasteiger partial charge in [0.2, 0.25) is 0 Å².